The average molecular weight is 248 g/mol. The Labute approximate surface area is 108 Å². The van der Waals surface area contributed by atoms with Gasteiger partial charge in [-0.25, -0.2) is 0 Å². The third kappa shape index (κ3) is 2.36. The molecule has 0 aromatic carbocycles. The van der Waals surface area contributed by atoms with E-state index in [-0.39, 0.29) is 0 Å². The zero-order valence-electron chi connectivity index (χ0n) is 10.4. The third-order valence-corrected chi connectivity index (χ3v) is 5.52. The van der Waals surface area contributed by atoms with Crippen molar-refractivity contribution >= 4 is 11.8 Å². The normalized spacial score (nSPS) is 31.7. The first kappa shape index (κ1) is 11.5. The van der Waals surface area contributed by atoms with E-state index in [1.165, 1.54) is 42.7 Å². The Kier molecular flexibility index (Phi) is 3.14. The van der Waals surface area contributed by atoms with Crippen molar-refractivity contribution in [3.05, 3.63) is 29.6 Å². The maximum atomic E-state index is 4.54. The maximum Gasteiger partial charge on any atom is 0.0605 e. The van der Waals surface area contributed by atoms with Crippen molar-refractivity contribution in [1.82, 2.24) is 10.3 Å². The molecule has 0 radical (unpaired) electrons. The van der Waals surface area contributed by atoms with E-state index in [9.17, 15) is 0 Å². The molecule has 2 aliphatic rings. The second kappa shape index (κ2) is 4.62. The highest BCUT2D eigenvalue weighted by Gasteiger charge is 2.31. The summed E-state index contributed by atoms with van der Waals surface area (Å²) in [5.41, 5.74) is 2.73. The van der Waals surface area contributed by atoms with Gasteiger partial charge in [0.05, 0.1) is 11.7 Å². The van der Waals surface area contributed by atoms with Crippen LogP contribution in [0.15, 0.2) is 18.3 Å². The molecule has 0 saturated carbocycles. The van der Waals surface area contributed by atoms with E-state index in [1.807, 2.05) is 6.20 Å². The van der Waals surface area contributed by atoms with Gasteiger partial charge in [0.15, 0.2) is 0 Å². The molecule has 2 atom stereocenters. The number of hydrogen-bond acceptors (Lipinski definition) is 3. The first-order valence-corrected chi connectivity index (χ1v) is 7.57. The molecule has 1 N–H and O–H groups in total. The van der Waals surface area contributed by atoms with Crippen molar-refractivity contribution < 1.29 is 0 Å². The molecule has 2 nitrogen and oxygen atoms in total. The molecule has 3 rings (SSSR count). The van der Waals surface area contributed by atoms with Gasteiger partial charge in [-0.15, -0.1) is 0 Å². The lowest BCUT2D eigenvalue weighted by Crippen LogP contribution is -2.34. The lowest BCUT2D eigenvalue weighted by molar-refractivity contribution is 0.463. The van der Waals surface area contributed by atoms with Gasteiger partial charge in [-0.3, -0.25) is 4.98 Å². The smallest absolute Gasteiger partial charge is 0.0605 e. The second-order valence-corrected chi connectivity index (χ2v) is 7.10. The molecular weight excluding hydrogens is 228 g/mol. The molecule has 1 aliphatic carbocycles. The number of aromatic nitrogens is 1. The van der Waals surface area contributed by atoms with Crippen molar-refractivity contribution in [2.75, 3.05) is 12.3 Å². The van der Waals surface area contributed by atoms with E-state index in [1.54, 1.807) is 0 Å². The van der Waals surface area contributed by atoms with Crippen molar-refractivity contribution in [3.63, 3.8) is 0 Å². The van der Waals surface area contributed by atoms with Crippen molar-refractivity contribution in [2.24, 2.45) is 0 Å². The predicted octanol–water partition coefficient (Wildman–Crippen LogP) is 2.94. The Morgan fingerprint density at radius 1 is 1.59 bits per heavy atom. The Balaban J connectivity index is 1.64. The monoisotopic (exact) mass is 248 g/mol. The number of thioether (sulfide) groups is 1. The summed E-state index contributed by atoms with van der Waals surface area (Å²) in [4.78, 5) is 4.54. The predicted molar refractivity (Wildman–Crippen MR) is 73.4 cm³/mol. The van der Waals surface area contributed by atoms with E-state index in [4.69, 9.17) is 0 Å². The highest BCUT2D eigenvalue weighted by Crippen LogP contribution is 2.38. The topological polar surface area (TPSA) is 24.9 Å². The summed E-state index contributed by atoms with van der Waals surface area (Å²) in [5.74, 6) is 1.33. The van der Waals surface area contributed by atoms with Crippen LogP contribution in [0.5, 0.6) is 0 Å². The molecule has 1 fully saturated rings. The molecule has 3 heteroatoms. The van der Waals surface area contributed by atoms with Gasteiger partial charge in [-0.05, 0) is 50.0 Å². The van der Waals surface area contributed by atoms with E-state index >= 15 is 0 Å². The largest absolute Gasteiger partial charge is 0.307 e. The Morgan fingerprint density at radius 2 is 2.53 bits per heavy atom. The summed E-state index contributed by atoms with van der Waals surface area (Å²) in [6.45, 7) is 3.52. The first-order chi connectivity index (χ1) is 8.27. The van der Waals surface area contributed by atoms with Crippen LogP contribution >= 0.6 is 11.8 Å². The lowest BCUT2D eigenvalue weighted by atomic mass is 10.1. The Hall–Kier alpha value is -0.540. The molecule has 1 saturated heterocycles. The number of aryl methyl sites for hydroxylation is 1. The summed E-state index contributed by atoms with van der Waals surface area (Å²) < 4.78 is 0.456. The van der Waals surface area contributed by atoms with Crippen molar-refractivity contribution in [2.45, 2.75) is 43.4 Å². The number of hydrogen-bond donors (Lipinski definition) is 1. The van der Waals surface area contributed by atoms with Crippen LogP contribution < -0.4 is 5.32 Å². The van der Waals surface area contributed by atoms with Gasteiger partial charge < -0.3 is 5.32 Å². The molecule has 0 amide bonds. The van der Waals surface area contributed by atoms with Crippen molar-refractivity contribution in [1.29, 1.82) is 0 Å². The van der Waals surface area contributed by atoms with E-state index in [0.717, 1.165) is 6.54 Å². The van der Waals surface area contributed by atoms with Crippen LogP contribution in [0.2, 0.25) is 0 Å². The fourth-order valence-corrected chi connectivity index (χ4v) is 4.18. The molecule has 0 bridgehead atoms. The number of fused-ring (bicyclic) bond motifs is 1. The van der Waals surface area contributed by atoms with Crippen LogP contribution in [0.3, 0.4) is 0 Å². The van der Waals surface area contributed by atoms with Crippen LogP contribution in [-0.4, -0.2) is 22.0 Å². The van der Waals surface area contributed by atoms with E-state index in [0.29, 0.717) is 10.8 Å². The molecule has 1 aromatic rings. The van der Waals surface area contributed by atoms with Gasteiger partial charge in [-0.2, -0.15) is 11.8 Å². The Bertz CT molecular complexity index is 399. The summed E-state index contributed by atoms with van der Waals surface area (Å²) in [6, 6.07) is 4.76. The van der Waals surface area contributed by atoms with E-state index in [2.05, 4.69) is 41.1 Å². The highest BCUT2D eigenvalue weighted by molar-refractivity contribution is 8.00. The van der Waals surface area contributed by atoms with Crippen molar-refractivity contribution in [3.8, 4) is 0 Å². The summed E-state index contributed by atoms with van der Waals surface area (Å²) in [6.07, 6.45) is 7.05. The minimum atomic E-state index is 0.456. The molecule has 17 heavy (non-hydrogen) atoms. The highest BCUT2D eigenvalue weighted by atomic mass is 32.2. The maximum absolute atomic E-state index is 4.54. The molecule has 2 heterocycles. The van der Waals surface area contributed by atoms with Crippen LogP contribution in [0.25, 0.3) is 0 Å². The summed E-state index contributed by atoms with van der Waals surface area (Å²) >= 11 is 2.13. The summed E-state index contributed by atoms with van der Waals surface area (Å²) in [7, 11) is 0. The SMILES string of the molecule is CC1(CNC2CCc3cccnc32)CCCS1. The minimum absolute atomic E-state index is 0.456. The number of nitrogens with one attached hydrogen (secondary N) is 1. The molecule has 92 valence electrons. The minimum Gasteiger partial charge on any atom is -0.307 e. The van der Waals surface area contributed by atoms with Gasteiger partial charge in [0, 0.05) is 17.5 Å². The summed E-state index contributed by atoms with van der Waals surface area (Å²) in [5, 5.41) is 3.74. The van der Waals surface area contributed by atoms with Gasteiger partial charge in [-0.1, -0.05) is 6.07 Å². The van der Waals surface area contributed by atoms with E-state index < -0.39 is 0 Å². The zero-order chi connectivity index (χ0) is 11.7. The van der Waals surface area contributed by atoms with Crippen LogP contribution in [0.4, 0.5) is 0 Å². The van der Waals surface area contributed by atoms with Gasteiger partial charge in [0.1, 0.15) is 0 Å². The number of rotatable bonds is 3. The molecular formula is C14H20N2S. The number of nitrogens with zero attached hydrogens (tertiary/aromatic N) is 1. The molecule has 0 spiro atoms. The second-order valence-electron chi connectivity index (χ2n) is 5.42. The lowest BCUT2D eigenvalue weighted by Gasteiger charge is -2.25. The van der Waals surface area contributed by atoms with Gasteiger partial charge in [0.25, 0.3) is 0 Å². The average Bonchev–Trinajstić information content (AvgIpc) is 2.94. The first-order valence-electron chi connectivity index (χ1n) is 6.58. The van der Waals surface area contributed by atoms with Gasteiger partial charge in [0.2, 0.25) is 0 Å². The van der Waals surface area contributed by atoms with Crippen LogP contribution in [-0.2, 0) is 6.42 Å². The molecule has 1 aliphatic heterocycles. The molecule has 1 aromatic heterocycles. The van der Waals surface area contributed by atoms with Gasteiger partial charge >= 0.3 is 0 Å². The van der Waals surface area contributed by atoms with Crippen LogP contribution in [0.1, 0.15) is 43.5 Å². The fourth-order valence-electron chi connectivity index (χ4n) is 2.93. The third-order valence-electron chi connectivity index (χ3n) is 3.98. The Morgan fingerprint density at radius 3 is 3.35 bits per heavy atom. The zero-order valence-corrected chi connectivity index (χ0v) is 11.2. The number of pyridine rings is 1. The van der Waals surface area contributed by atoms with Crippen LogP contribution in [0, 0.1) is 0 Å². The fraction of sp³-hybridized carbons (Fsp3) is 0.643. The quantitative estimate of drug-likeness (QED) is 0.890. The standard InChI is InChI=1S/C14H20N2S/c1-14(7-3-9-17-14)10-16-12-6-5-11-4-2-8-15-13(11)12/h2,4,8,12,16H,3,5-7,9-10H2,1H3. The molecule has 2 unspecified atom stereocenters.